The van der Waals surface area contributed by atoms with Crippen molar-refractivity contribution < 1.29 is 0 Å². The Morgan fingerprint density at radius 2 is 2.25 bits per heavy atom. The summed E-state index contributed by atoms with van der Waals surface area (Å²) in [5.74, 6) is 0. The molecular formula is C14H16N6. The van der Waals surface area contributed by atoms with Crippen LogP contribution in [-0.2, 0) is 26.6 Å². The Balaban J connectivity index is 1.56. The Kier molecular flexibility index (Phi) is 2.56. The first kappa shape index (κ1) is 11.6. The number of H-pyrrole nitrogens is 1. The molecule has 3 aromatic heterocycles. The van der Waals surface area contributed by atoms with E-state index in [0.717, 1.165) is 37.1 Å². The van der Waals surface area contributed by atoms with Gasteiger partial charge < -0.3 is 0 Å². The molecule has 0 saturated heterocycles. The summed E-state index contributed by atoms with van der Waals surface area (Å²) in [6, 6.07) is 2.18. The van der Waals surface area contributed by atoms with Crippen LogP contribution < -0.4 is 0 Å². The predicted molar refractivity (Wildman–Crippen MR) is 74.9 cm³/mol. The minimum atomic E-state index is 0.913. The third-order valence-corrected chi connectivity index (χ3v) is 3.92. The smallest absolute Gasteiger partial charge is 0.157 e. The quantitative estimate of drug-likeness (QED) is 0.760. The first-order valence-electron chi connectivity index (χ1n) is 6.80. The van der Waals surface area contributed by atoms with Gasteiger partial charge in [0, 0.05) is 38.3 Å². The lowest BCUT2D eigenvalue weighted by molar-refractivity contribution is 0.242. The fourth-order valence-electron chi connectivity index (χ4n) is 2.84. The Bertz CT molecular complexity index is 756. The van der Waals surface area contributed by atoms with Crippen molar-refractivity contribution in [1.29, 1.82) is 0 Å². The van der Waals surface area contributed by atoms with Crippen LogP contribution in [0, 0.1) is 0 Å². The molecule has 0 aromatic carbocycles. The van der Waals surface area contributed by atoms with E-state index in [2.05, 4.69) is 31.2 Å². The van der Waals surface area contributed by atoms with E-state index in [1.54, 1.807) is 4.68 Å². The molecule has 1 aliphatic rings. The number of aromatic nitrogens is 5. The number of nitrogens with one attached hydrogen (secondary N) is 1. The average Bonchev–Trinajstić information content (AvgIpc) is 3.05. The minimum Gasteiger partial charge on any atom is -0.293 e. The fraction of sp³-hybridized carbons (Fsp3) is 0.357. The summed E-state index contributed by atoms with van der Waals surface area (Å²) >= 11 is 0. The van der Waals surface area contributed by atoms with Crippen molar-refractivity contribution in [3.63, 3.8) is 0 Å². The van der Waals surface area contributed by atoms with Gasteiger partial charge in [0.1, 0.15) is 0 Å². The maximum absolute atomic E-state index is 4.49. The zero-order chi connectivity index (χ0) is 13.5. The number of pyridine rings is 1. The Hall–Kier alpha value is -2.21. The lowest BCUT2D eigenvalue weighted by atomic mass is 10.1. The van der Waals surface area contributed by atoms with Gasteiger partial charge in [0.25, 0.3) is 0 Å². The van der Waals surface area contributed by atoms with Crippen LogP contribution in [0.3, 0.4) is 0 Å². The summed E-state index contributed by atoms with van der Waals surface area (Å²) in [6.07, 6.45) is 6.83. The molecule has 1 N–H and O–H groups in total. The monoisotopic (exact) mass is 268 g/mol. The second-order valence-electron chi connectivity index (χ2n) is 5.36. The highest BCUT2D eigenvalue weighted by Gasteiger charge is 2.18. The number of hydrogen-bond acceptors (Lipinski definition) is 4. The van der Waals surface area contributed by atoms with Gasteiger partial charge in [0.15, 0.2) is 5.65 Å². The van der Waals surface area contributed by atoms with Crippen molar-refractivity contribution in [3.05, 3.63) is 41.5 Å². The van der Waals surface area contributed by atoms with E-state index in [9.17, 15) is 0 Å². The van der Waals surface area contributed by atoms with E-state index in [-0.39, 0.29) is 0 Å². The largest absolute Gasteiger partial charge is 0.293 e. The van der Waals surface area contributed by atoms with Gasteiger partial charge in [-0.05, 0) is 23.6 Å². The molecule has 3 aromatic rings. The molecule has 0 unspecified atom stereocenters. The molecular weight excluding hydrogens is 252 g/mol. The molecule has 0 spiro atoms. The van der Waals surface area contributed by atoms with Crippen LogP contribution in [0.25, 0.3) is 11.0 Å². The molecule has 6 nitrogen and oxygen atoms in total. The van der Waals surface area contributed by atoms with Crippen molar-refractivity contribution in [1.82, 2.24) is 29.9 Å². The number of aromatic amines is 1. The van der Waals surface area contributed by atoms with Gasteiger partial charge in [-0.15, -0.1) is 0 Å². The molecule has 20 heavy (non-hydrogen) atoms. The van der Waals surface area contributed by atoms with Crippen molar-refractivity contribution in [3.8, 4) is 0 Å². The zero-order valence-corrected chi connectivity index (χ0v) is 11.4. The SMILES string of the molecule is Cn1ncc2cc(CN3CCc4cn[nH]c4C3)cnc21. The lowest BCUT2D eigenvalue weighted by Gasteiger charge is -2.26. The molecule has 0 atom stereocenters. The van der Waals surface area contributed by atoms with Crippen molar-refractivity contribution >= 4 is 11.0 Å². The van der Waals surface area contributed by atoms with Crippen molar-refractivity contribution in [2.75, 3.05) is 6.54 Å². The predicted octanol–water partition coefficient (Wildman–Crippen LogP) is 1.25. The zero-order valence-electron chi connectivity index (χ0n) is 11.4. The molecule has 0 aliphatic carbocycles. The standard InChI is InChI=1S/C14H16N6/c1-19-14-12(7-17-19)4-10(5-15-14)8-20-3-2-11-6-16-18-13(11)9-20/h4-7H,2-3,8-9H2,1H3,(H,16,18). The second-order valence-corrected chi connectivity index (χ2v) is 5.36. The highest BCUT2D eigenvalue weighted by Crippen LogP contribution is 2.19. The summed E-state index contributed by atoms with van der Waals surface area (Å²) in [5, 5.41) is 12.5. The number of aryl methyl sites for hydroxylation is 1. The lowest BCUT2D eigenvalue weighted by Crippen LogP contribution is -2.29. The van der Waals surface area contributed by atoms with Crippen LogP contribution in [0.1, 0.15) is 16.8 Å². The average molecular weight is 268 g/mol. The van der Waals surface area contributed by atoms with Gasteiger partial charge in [-0.3, -0.25) is 14.7 Å². The van der Waals surface area contributed by atoms with E-state index in [1.165, 1.54) is 16.8 Å². The molecule has 4 rings (SSSR count). The molecule has 102 valence electrons. The van der Waals surface area contributed by atoms with Crippen LogP contribution in [0.5, 0.6) is 0 Å². The summed E-state index contributed by atoms with van der Waals surface area (Å²) in [4.78, 5) is 6.91. The third-order valence-electron chi connectivity index (χ3n) is 3.92. The summed E-state index contributed by atoms with van der Waals surface area (Å²) in [5.41, 5.74) is 4.76. The molecule has 0 fully saturated rings. The van der Waals surface area contributed by atoms with Crippen LogP contribution in [0.2, 0.25) is 0 Å². The van der Waals surface area contributed by atoms with Crippen LogP contribution in [0.15, 0.2) is 24.7 Å². The van der Waals surface area contributed by atoms with Crippen LogP contribution in [-0.4, -0.2) is 36.4 Å². The summed E-state index contributed by atoms with van der Waals surface area (Å²) < 4.78 is 1.80. The first-order chi connectivity index (χ1) is 9.79. The highest BCUT2D eigenvalue weighted by atomic mass is 15.3. The van der Waals surface area contributed by atoms with E-state index in [4.69, 9.17) is 0 Å². The van der Waals surface area contributed by atoms with Crippen molar-refractivity contribution in [2.45, 2.75) is 19.5 Å². The number of rotatable bonds is 2. The maximum atomic E-state index is 4.49. The first-order valence-corrected chi connectivity index (χ1v) is 6.80. The van der Waals surface area contributed by atoms with Gasteiger partial charge in [-0.1, -0.05) is 0 Å². The Labute approximate surface area is 116 Å². The fourth-order valence-corrected chi connectivity index (χ4v) is 2.84. The van der Waals surface area contributed by atoms with Gasteiger partial charge in [-0.2, -0.15) is 10.2 Å². The highest BCUT2D eigenvalue weighted by molar-refractivity contribution is 5.74. The third kappa shape index (κ3) is 1.89. The van der Waals surface area contributed by atoms with Gasteiger partial charge in [0.2, 0.25) is 0 Å². The molecule has 0 amide bonds. The van der Waals surface area contributed by atoms with Gasteiger partial charge in [0.05, 0.1) is 18.1 Å². The maximum Gasteiger partial charge on any atom is 0.157 e. The summed E-state index contributed by atoms with van der Waals surface area (Å²) in [7, 11) is 1.92. The number of hydrogen-bond donors (Lipinski definition) is 1. The van der Waals surface area contributed by atoms with Crippen LogP contribution in [0.4, 0.5) is 0 Å². The van der Waals surface area contributed by atoms with Gasteiger partial charge in [-0.25, -0.2) is 4.98 Å². The van der Waals surface area contributed by atoms with Gasteiger partial charge >= 0.3 is 0 Å². The second kappa shape index (κ2) is 4.42. The normalized spacial score (nSPS) is 15.7. The molecule has 1 aliphatic heterocycles. The minimum absolute atomic E-state index is 0.913. The van der Waals surface area contributed by atoms with Crippen molar-refractivity contribution in [2.24, 2.45) is 7.05 Å². The molecule has 0 radical (unpaired) electrons. The Morgan fingerprint density at radius 3 is 3.20 bits per heavy atom. The Morgan fingerprint density at radius 1 is 1.30 bits per heavy atom. The van der Waals surface area contributed by atoms with E-state index in [0.29, 0.717) is 0 Å². The molecule has 0 saturated carbocycles. The molecule has 6 heteroatoms. The topological polar surface area (TPSA) is 62.6 Å². The van der Waals surface area contributed by atoms with Crippen LogP contribution >= 0.6 is 0 Å². The number of fused-ring (bicyclic) bond motifs is 2. The molecule has 4 heterocycles. The van der Waals surface area contributed by atoms with E-state index in [1.807, 2.05) is 25.6 Å². The van der Waals surface area contributed by atoms with E-state index >= 15 is 0 Å². The van der Waals surface area contributed by atoms with E-state index < -0.39 is 0 Å². The summed E-state index contributed by atoms with van der Waals surface area (Å²) in [6.45, 7) is 2.91. The number of nitrogens with zero attached hydrogens (tertiary/aromatic N) is 5. The molecule has 0 bridgehead atoms.